The molecule has 2 fully saturated rings. The molecule has 1 unspecified atom stereocenters. The second-order valence-electron chi connectivity index (χ2n) is 9.08. The van der Waals surface area contributed by atoms with Gasteiger partial charge < -0.3 is 20.9 Å². The Morgan fingerprint density at radius 2 is 1.64 bits per heavy atom. The third kappa shape index (κ3) is 6.17. The van der Waals surface area contributed by atoms with E-state index in [0.29, 0.717) is 18.5 Å². The first-order valence-electron chi connectivity index (χ1n) is 12.2. The van der Waals surface area contributed by atoms with Crippen molar-refractivity contribution in [1.29, 1.82) is 0 Å². The lowest BCUT2D eigenvalue weighted by Crippen LogP contribution is -2.52. The van der Waals surface area contributed by atoms with Crippen LogP contribution in [-0.4, -0.2) is 85.9 Å². The highest BCUT2D eigenvalue weighted by molar-refractivity contribution is 6.05. The Hall–Kier alpha value is -2.33. The molecule has 2 saturated heterocycles. The lowest BCUT2D eigenvalue weighted by molar-refractivity contribution is -0.136. The molecule has 4 rings (SSSR count). The van der Waals surface area contributed by atoms with E-state index in [0.717, 1.165) is 82.9 Å². The van der Waals surface area contributed by atoms with Crippen molar-refractivity contribution >= 4 is 17.7 Å². The summed E-state index contributed by atoms with van der Waals surface area (Å²) in [4.78, 5) is 41.1. The van der Waals surface area contributed by atoms with Crippen LogP contribution in [0.25, 0.3) is 0 Å². The Morgan fingerprint density at radius 1 is 0.879 bits per heavy atom. The average molecular weight is 457 g/mol. The molecule has 1 aromatic carbocycles. The van der Waals surface area contributed by atoms with Crippen LogP contribution in [0.5, 0.6) is 0 Å². The van der Waals surface area contributed by atoms with Gasteiger partial charge in [0.2, 0.25) is 11.8 Å². The zero-order valence-corrected chi connectivity index (χ0v) is 19.3. The SMILES string of the molecule is O=C1CCC(N2Cc3c(CN4CCCNCCNCCCNCC4)cccc3C2=O)C(=O)N1. The summed E-state index contributed by atoms with van der Waals surface area (Å²) < 4.78 is 0. The van der Waals surface area contributed by atoms with Crippen LogP contribution >= 0.6 is 0 Å². The summed E-state index contributed by atoms with van der Waals surface area (Å²) in [7, 11) is 0. The lowest BCUT2D eigenvalue weighted by Gasteiger charge is -2.29. The van der Waals surface area contributed by atoms with Crippen LogP contribution in [0.2, 0.25) is 0 Å². The van der Waals surface area contributed by atoms with Gasteiger partial charge in [-0.15, -0.1) is 0 Å². The molecule has 3 heterocycles. The Kier molecular flexibility index (Phi) is 8.44. The predicted octanol–water partition coefficient (Wildman–Crippen LogP) is -0.188. The number of rotatable bonds is 3. The van der Waals surface area contributed by atoms with Gasteiger partial charge in [0, 0.05) is 51.3 Å². The first-order chi connectivity index (χ1) is 16.1. The van der Waals surface area contributed by atoms with Crippen LogP contribution in [0.4, 0.5) is 0 Å². The number of hydrogen-bond acceptors (Lipinski definition) is 7. The number of amides is 3. The smallest absolute Gasteiger partial charge is 0.255 e. The Morgan fingerprint density at radius 3 is 2.42 bits per heavy atom. The van der Waals surface area contributed by atoms with Crippen LogP contribution in [0.1, 0.15) is 47.2 Å². The number of fused-ring (bicyclic) bond motifs is 1. The molecule has 0 aliphatic carbocycles. The number of benzene rings is 1. The number of imide groups is 1. The van der Waals surface area contributed by atoms with Gasteiger partial charge in [0.05, 0.1) is 0 Å². The van der Waals surface area contributed by atoms with Crippen LogP contribution in [0.3, 0.4) is 0 Å². The number of carbonyl (C=O) groups excluding carboxylic acids is 3. The Labute approximate surface area is 195 Å². The number of nitrogens with zero attached hydrogens (tertiary/aromatic N) is 2. The quantitative estimate of drug-likeness (QED) is 0.468. The molecule has 1 aromatic rings. The molecule has 0 radical (unpaired) electrons. The minimum Gasteiger partial charge on any atom is -0.322 e. The van der Waals surface area contributed by atoms with Crippen molar-refractivity contribution in [2.45, 2.75) is 44.8 Å². The first kappa shape index (κ1) is 23.8. The molecule has 180 valence electrons. The fourth-order valence-electron chi connectivity index (χ4n) is 4.86. The lowest BCUT2D eigenvalue weighted by atomic mass is 10.0. The van der Waals surface area contributed by atoms with Crippen molar-refractivity contribution < 1.29 is 14.4 Å². The van der Waals surface area contributed by atoms with E-state index >= 15 is 0 Å². The van der Waals surface area contributed by atoms with Gasteiger partial charge >= 0.3 is 0 Å². The third-order valence-corrected chi connectivity index (χ3v) is 6.69. The van der Waals surface area contributed by atoms with Gasteiger partial charge in [-0.3, -0.25) is 24.6 Å². The molecule has 0 spiro atoms. The van der Waals surface area contributed by atoms with Gasteiger partial charge in [-0.25, -0.2) is 0 Å². The maximum absolute atomic E-state index is 13.1. The second kappa shape index (κ2) is 11.7. The monoisotopic (exact) mass is 456 g/mol. The van der Waals surface area contributed by atoms with Gasteiger partial charge in [0.1, 0.15) is 6.04 Å². The van der Waals surface area contributed by atoms with E-state index in [1.807, 2.05) is 12.1 Å². The van der Waals surface area contributed by atoms with Crippen molar-refractivity contribution in [3.05, 3.63) is 34.9 Å². The van der Waals surface area contributed by atoms with Crippen molar-refractivity contribution in [2.75, 3.05) is 52.4 Å². The number of hydrogen-bond donors (Lipinski definition) is 4. The number of piperidine rings is 1. The molecular weight excluding hydrogens is 420 g/mol. The van der Waals surface area contributed by atoms with E-state index in [2.05, 4.69) is 32.2 Å². The van der Waals surface area contributed by atoms with Gasteiger partial charge in [0.25, 0.3) is 5.91 Å². The number of carbonyl (C=O) groups is 3. The van der Waals surface area contributed by atoms with Crippen LogP contribution in [-0.2, 0) is 22.7 Å². The summed E-state index contributed by atoms with van der Waals surface area (Å²) in [5.74, 6) is -0.735. The summed E-state index contributed by atoms with van der Waals surface area (Å²) in [6, 6.07) is 5.32. The highest BCUT2D eigenvalue weighted by Crippen LogP contribution is 2.30. The molecule has 9 heteroatoms. The van der Waals surface area contributed by atoms with E-state index in [4.69, 9.17) is 0 Å². The largest absolute Gasteiger partial charge is 0.322 e. The zero-order valence-electron chi connectivity index (χ0n) is 19.3. The maximum Gasteiger partial charge on any atom is 0.255 e. The van der Waals surface area contributed by atoms with Crippen molar-refractivity contribution in [1.82, 2.24) is 31.1 Å². The highest BCUT2D eigenvalue weighted by Gasteiger charge is 2.39. The van der Waals surface area contributed by atoms with E-state index in [-0.39, 0.29) is 24.1 Å². The Bertz CT molecular complexity index is 847. The molecule has 0 bridgehead atoms. The molecular formula is C24H36N6O3. The standard InChI is InChI=1S/C24H36N6O3/c31-22-7-6-21(23(32)28-22)30-17-20-18(4-1-5-19(20)24(30)33)16-29-14-3-10-26-12-11-25-8-2-9-27-13-15-29/h1,4-5,21,25-27H,2-3,6-17H2,(H,28,31,32). The van der Waals surface area contributed by atoms with Crippen molar-refractivity contribution in [2.24, 2.45) is 0 Å². The molecule has 33 heavy (non-hydrogen) atoms. The second-order valence-corrected chi connectivity index (χ2v) is 9.08. The maximum atomic E-state index is 13.1. The number of nitrogens with one attached hydrogen (secondary N) is 4. The van der Waals surface area contributed by atoms with Crippen molar-refractivity contribution in [3.8, 4) is 0 Å². The molecule has 3 aliphatic heterocycles. The van der Waals surface area contributed by atoms with E-state index < -0.39 is 6.04 Å². The highest BCUT2D eigenvalue weighted by atomic mass is 16.2. The summed E-state index contributed by atoms with van der Waals surface area (Å²) in [6.45, 7) is 9.08. The van der Waals surface area contributed by atoms with Crippen LogP contribution in [0.15, 0.2) is 18.2 Å². The fraction of sp³-hybridized carbons (Fsp3) is 0.625. The molecule has 3 amide bonds. The summed E-state index contributed by atoms with van der Waals surface area (Å²) in [5, 5.41) is 12.9. The van der Waals surface area contributed by atoms with Gasteiger partial charge in [-0.1, -0.05) is 12.1 Å². The van der Waals surface area contributed by atoms with Gasteiger partial charge in [-0.05, 0) is 62.6 Å². The molecule has 3 aliphatic rings. The zero-order chi connectivity index (χ0) is 23.0. The third-order valence-electron chi connectivity index (χ3n) is 6.69. The fourth-order valence-corrected chi connectivity index (χ4v) is 4.86. The van der Waals surface area contributed by atoms with Crippen molar-refractivity contribution in [3.63, 3.8) is 0 Å². The van der Waals surface area contributed by atoms with Gasteiger partial charge in [-0.2, -0.15) is 0 Å². The van der Waals surface area contributed by atoms with E-state index in [9.17, 15) is 14.4 Å². The minimum atomic E-state index is -0.574. The molecule has 9 nitrogen and oxygen atoms in total. The molecule has 0 saturated carbocycles. The molecule has 1 atom stereocenters. The average Bonchev–Trinajstić information content (AvgIpc) is 3.13. The van der Waals surface area contributed by atoms with Crippen LogP contribution in [0, 0.1) is 0 Å². The summed E-state index contributed by atoms with van der Waals surface area (Å²) >= 11 is 0. The van der Waals surface area contributed by atoms with E-state index in [1.54, 1.807) is 4.90 Å². The Balaban J connectivity index is 1.43. The topological polar surface area (TPSA) is 106 Å². The normalized spacial score (nSPS) is 24.3. The van der Waals surface area contributed by atoms with Gasteiger partial charge in [0.15, 0.2) is 0 Å². The minimum absolute atomic E-state index is 0.109. The molecule has 4 N–H and O–H groups in total. The van der Waals surface area contributed by atoms with Crippen LogP contribution < -0.4 is 21.3 Å². The predicted molar refractivity (Wildman–Crippen MR) is 126 cm³/mol. The van der Waals surface area contributed by atoms with E-state index in [1.165, 1.54) is 0 Å². The summed E-state index contributed by atoms with van der Waals surface area (Å²) in [6.07, 6.45) is 2.84. The first-order valence-corrected chi connectivity index (χ1v) is 12.2. The molecule has 0 aromatic heterocycles. The summed E-state index contributed by atoms with van der Waals surface area (Å²) in [5.41, 5.74) is 2.85.